The third kappa shape index (κ3) is 2.73. The first kappa shape index (κ1) is 13.9. The van der Waals surface area contributed by atoms with E-state index in [-0.39, 0.29) is 5.69 Å². The van der Waals surface area contributed by atoms with Gasteiger partial charge in [0.15, 0.2) is 11.5 Å². The highest BCUT2D eigenvalue weighted by molar-refractivity contribution is 5.93. The Labute approximate surface area is 124 Å². The monoisotopic (exact) mass is 287 g/mol. The fraction of sp³-hybridized carbons (Fsp3) is 0.500. The summed E-state index contributed by atoms with van der Waals surface area (Å²) >= 11 is 0. The first-order valence-corrected chi connectivity index (χ1v) is 7.43. The number of rotatable bonds is 3. The lowest BCUT2D eigenvalue weighted by Gasteiger charge is -2.34. The van der Waals surface area contributed by atoms with Gasteiger partial charge in [-0.25, -0.2) is 9.78 Å². The summed E-state index contributed by atoms with van der Waals surface area (Å²) in [6, 6.07) is 5.80. The van der Waals surface area contributed by atoms with Crippen LogP contribution < -0.4 is 5.32 Å². The van der Waals surface area contributed by atoms with E-state index in [1.165, 1.54) is 0 Å². The number of anilines is 1. The zero-order valence-corrected chi connectivity index (χ0v) is 12.5. The number of pyridine rings is 1. The molecule has 5 heteroatoms. The molecule has 2 heterocycles. The molecule has 1 aliphatic carbocycles. The third-order valence-electron chi connectivity index (χ3n) is 4.41. The molecule has 1 fully saturated rings. The van der Waals surface area contributed by atoms with E-state index < -0.39 is 5.97 Å². The first-order chi connectivity index (χ1) is 9.96. The summed E-state index contributed by atoms with van der Waals surface area (Å²) in [5.74, 6) is -0.467. The molecule has 0 aliphatic heterocycles. The van der Waals surface area contributed by atoms with Crippen molar-refractivity contribution in [3.05, 3.63) is 30.1 Å². The molecule has 0 atom stereocenters. The Morgan fingerprint density at radius 2 is 2.10 bits per heavy atom. The van der Waals surface area contributed by atoms with Gasteiger partial charge in [0, 0.05) is 12.2 Å². The lowest BCUT2D eigenvalue weighted by Crippen LogP contribution is -2.30. The number of aromatic nitrogens is 2. The average Bonchev–Trinajstić information content (AvgIpc) is 2.79. The van der Waals surface area contributed by atoms with Crippen LogP contribution in [0.4, 0.5) is 5.82 Å². The summed E-state index contributed by atoms with van der Waals surface area (Å²) in [5.41, 5.74) is 1.27. The second-order valence-electron chi connectivity index (χ2n) is 6.63. The number of aromatic carboxylic acids is 1. The van der Waals surface area contributed by atoms with E-state index in [0.717, 1.165) is 25.7 Å². The van der Waals surface area contributed by atoms with Crippen molar-refractivity contribution in [3.8, 4) is 0 Å². The second-order valence-corrected chi connectivity index (χ2v) is 6.63. The van der Waals surface area contributed by atoms with Crippen molar-refractivity contribution in [2.75, 3.05) is 5.32 Å². The predicted molar refractivity (Wildman–Crippen MR) is 81.8 cm³/mol. The summed E-state index contributed by atoms with van der Waals surface area (Å²) in [7, 11) is 0. The zero-order chi connectivity index (χ0) is 15.0. The van der Waals surface area contributed by atoms with Crippen LogP contribution in [0.25, 0.3) is 5.65 Å². The summed E-state index contributed by atoms with van der Waals surface area (Å²) < 4.78 is 1.62. The van der Waals surface area contributed by atoms with E-state index in [0.29, 0.717) is 22.9 Å². The maximum absolute atomic E-state index is 11.5. The predicted octanol–water partition coefficient (Wildman–Crippen LogP) is 3.41. The second kappa shape index (κ2) is 5.06. The van der Waals surface area contributed by atoms with E-state index in [9.17, 15) is 9.90 Å². The van der Waals surface area contributed by atoms with Gasteiger partial charge in [-0.15, -0.1) is 0 Å². The van der Waals surface area contributed by atoms with Crippen LogP contribution in [0.2, 0.25) is 0 Å². The molecule has 2 N–H and O–H groups in total. The highest BCUT2D eigenvalue weighted by Crippen LogP contribution is 2.36. The Balaban J connectivity index is 1.87. The van der Waals surface area contributed by atoms with E-state index in [1.807, 2.05) is 18.2 Å². The molecule has 0 bridgehead atoms. The molecule has 1 saturated carbocycles. The average molecular weight is 287 g/mol. The highest BCUT2D eigenvalue weighted by Gasteiger charge is 2.28. The van der Waals surface area contributed by atoms with Gasteiger partial charge in [-0.05, 0) is 43.2 Å². The fourth-order valence-electron chi connectivity index (χ4n) is 3.04. The van der Waals surface area contributed by atoms with Crippen molar-refractivity contribution in [2.45, 2.75) is 45.6 Å². The number of fused-ring (bicyclic) bond motifs is 1. The maximum Gasteiger partial charge on any atom is 0.356 e. The summed E-state index contributed by atoms with van der Waals surface area (Å²) in [4.78, 5) is 16.0. The van der Waals surface area contributed by atoms with Gasteiger partial charge in [0.05, 0.1) is 0 Å². The lowest BCUT2D eigenvalue weighted by atomic mass is 9.75. The van der Waals surface area contributed by atoms with E-state index in [2.05, 4.69) is 24.1 Å². The molecule has 0 saturated heterocycles. The maximum atomic E-state index is 11.5. The van der Waals surface area contributed by atoms with Crippen molar-refractivity contribution in [1.82, 2.24) is 9.38 Å². The molecule has 2 aromatic heterocycles. The Morgan fingerprint density at radius 3 is 2.76 bits per heavy atom. The number of nitrogens with zero attached hydrogens (tertiary/aromatic N) is 2. The van der Waals surface area contributed by atoms with Crippen LogP contribution in [0.3, 0.4) is 0 Å². The van der Waals surface area contributed by atoms with Crippen LogP contribution in [0.1, 0.15) is 50.0 Å². The summed E-state index contributed by atoms with van der Waals surface area (Å²) in [6.45, 7) is 4.58. The van der Waals surface area contributed by atoms with Crippen molar-refractivity contribution in [1.29, 1.82) is 0 Å². The molecule has 21 heavy (non-hydrogen) atoms. The van der Waals surface area contributed by atoms with Crippen molar-refractivity contribution in [2.24, 2.45) is 5.41 Å². The minimum Gasteiger partial charge on any atom is -0.476 e. The molecule has 0 amide bonds. The molecule has 5 nitrogen and oxygen atoms in total. The quantitative estimate of drug-likeness (QED) is 0.907. The van der Waals surface area contributed by atoms with Crippen LogP contribution in [0, 0.1) is 5.41 Å². The van der Waals surface area contributed by atoms with Crippen LogP contribution >= 0.6 is 0 Å². The van der Waals surface area contributed by atoms with Crippen molar-refractivity contribution >= 4 is 17.4 Å². The topological polar surface area (TPSA) is 66.6 Å². The largest absolute Gasteiger partial charge is 0.476 e. The molecule has 112 valence electrons. The molecule has 1 aliphatic rings. The SMILES string of the molecule is CC1(C)CCC(Nc2nc3ccccn3c2C(=O)O)CC1. The van der Waals surface area contributed by atoms with Crippen LogP contribution in [0.15, 0.2) is 24.4 Å². The minimum atomic E-state index is -0.952. The number of carboxylic acids is 1. The van der Waals surface area contributed by atoms with Crippen molar-refractivity contribution in [3.63, 3.8) is 0 Å². The Kier molecular flexibility index (Phi) is 3.35. The third-order valence-corrected chi connectivity index (χ3v) is 4.41. The minimum absolute atomic E-state index is 0.218. The molecule has 0 aromatic carbocycles. The molecule has 0 unspecified atom stereocenters. The van der Waals surface area contributed by atoms with Crippen LogP contribution in [-0.2, 0) is 0 Å². The lowest BCUT2D eigenvalue weighted by molar-refractivity contribution is 0.0690. The summed E-state index contributed by atoms with van der Waals surface area (Å²) in [5, 5.41) is 12.8. The van der Waals surface area contributed by atoms with Gasteiger partial charge in [-0.3, -0.25) is 4.40 Å². The van der Waals surface area contributed by atoms with E-state index in [1.54, 1.807) is 10.6 Å². The van der Waals surface area contributed by atoms with Gasteiger partial charge in [-0.2, -0.15) is 0 Å². The van der Waals surface area contributed by atoms with Gasteiger partial charge in [0.1, 0.15) is 5.65 Å². The highest BCUT2D eigenvalue weighted by atomic mass is 16.4. The molecular weight excluding hydrogens is 266 g/mol. The molecule has 3 rings (SSSR count). The molecule has 2 aromatic rings. The normalized spacial score (nSPS) is 18.8. The number of hydrogen-bond donors (Lipinski definition) is 2. The molecule has 0 radical (unpaired) electrons. The first-order valence-electron chi connectivity index (χ1n) is 7.43. The number of nitrogens with one attached hydrogen (secondary N) is 1. The van der Waals surface area contributed by atoms with Gasteiger partial charge in [0.25, 0.3) is 0 Å². The van der Waals surface area contributed by atoms with E-state index in [4.69, 9.17) is 0 Å². The Hall–Kier alpha value is -2.04. The number of carbonyl (C=O) groups is 1. The number of imidazole rings is 1. The smallest absolute Gasteiger partial charge is 0.356 e. The zero-order valence-electron chi connectivity index (χ0n) is 12.5. The van der Waals surface area contributed by atoms with Crippen LogP contribution in [0.5, 0.6) is 0 Å². The fourth-order valence-corrected chi connectivity index (χ4v) is 3.04. The molecular formula is C16H21N3O2. The number of hydrogen-bond acceptors (Lipinski definition) is 3. The van der Waals surface area contributed by atoms with Gasteiger partial charge < -0.3 is 10.4 Å². The van der Waals surface area contributed by atoms with Gasteiger partial charge in [0.2, 0.25) is 0 Å². The van der Waals surface area contributed by atoms with Gasteiger partial charge in [-0.1, -0.05) is 19.9 Å². The van der Waals surface area contributed by atoms with Crippen LogP contribution in [-0.4, -0.2) is 26.5 Å². The van der Waals surface area contributed by atoms with E-state index >= 15 is 0 Å². The Morgan fingerprint density at radius 1 is 1.38 bits per heavy atom. The number of carboxylic acid groups (broad SMARTS) is 1. The summed E-state index contributed by atoms with van der Waals surface area (Å²) in [6.07, 6.45) is 6.15. The van der Waals surface area contributed by atoms with Gasteiger partial charge >= 0.3 is 5.97 Å². The molecule has 0 spiro atoms. The standard InChI is InChI=1S/C16H21N3O2/c1-16(2)8-6-11(7-9-16)17-14-13(15(20)21)19-10-4-3-5-12(19)18-14/h3-5,10-11,17H,6-9H2,1-2H3,(H,20,21). The van der Waals surface area contributed by atoms with Crippen molar-refractivity contribution < 1.29 is 9.90 Å². The Bertz CT molecular complexity index is 665.